The maximum absolute atomic E-state index is 6.33. The minimum Gasteiger partial charge on any atom is -0.348 e. The molecule has 2 aliphatic heterocycles. The van der Waals surface area contributed by atoms with Crippen LogP contribution in [0.4, 0.5) is 0 Å². The van der Waals surface area contributed by atoms with E-state index in [9.17, 15) is 0 Å². The van der Waals surface area contributed by atoms with Crippen LogP contribution in [0, 0.1) is 40.4 Å². The molecule has 28 heavy (non-hydrogen) atoms. The molecule has 0 amide bonds. The summed E-state index contributed by atoms with van der Waals surface area (Å²) in [4.78, 5) is 0. The van der Waals surface area contributed by atoms with Crippen LogP contribution in [-0.4, -0.2) is 38.0 Å². The molecule has 0 aromatic heterocycles. The van der Waals surface area contributed by atoms with Crippen molar-refractivity contribution in [1.29, 1.82) is 0 Å². The van der Waals surface area contributed by atoms with E-state index in [2.05, 4.69) is 20.8 Å². The number of fused-ring (bicyclic) bond motifs is 6. The maximum Gasteiger partial charge on any atom is 0.174 e. The van der Waals surface area contributed by atoms with Gasteiger partial charge in [0.2, 0.25) is 0 Å². The summed E-state index contributed by atoms with van der Waals surface area (Å²) < 4.78 is 24.9. The highest BCUT2D eigenvalue weighted by Crippen LogP contribution is 2.71. The van der Waals surface area contributed by atoms with E-state index in [-0.39, 0.29) is 17.0 Å². The third-order valence-electron chi connectivity index (χ3n) is 10.6. The fraction of sp³-hybridized carbons (Fsp3) is 1.00. The van der Waals surface area contributed by atoms with Gasteiger partial charge >= 0.3 is 0 Å². The Labute approximate surface area is 170 Å². The number of hydrogen-bond acceptors (Lipinski definition) is 4. The smallest absolute Gasteiger partial charge is 0.174 e. The van der Waals surface area contributed by atoms with Crippen molar-refractivity contribution in [3.05, 3.63) is 0 Å². The number of rotatable bonds is 0. The molecular weight excluding hydrogens is 352 g/mol. The summed E-state index contributed by atoms with van der Waals surface area (Å²) in [6.07, 6.45) is 9.84. The predicted octanol–water partition coefficient (Wildman–Crippen LogP) is 4.76. The SMILES string of the molecule is C[C@@H]1CC2CC3(CC[C@]2(C)[C@H]2CC[C@@]4(C)[C@@H](CCC45OCCO5)[C@H]12)OCCO3. The molecule has 0 radical (unpaired) electrons. The van der Waals surface area contributed by atoms with E-state index in [1.807, 2.05) is 0 Å². The lowest BCUT2D eigenvalue weighted by Gasteiger charge is -2.64. The van der Waals surface area contributed by atoms with Crippen LogP contribution in [0.3, 0.4) is 0 Å². The quantitative estimate of drug-likeness (QED) is 0.597. The van der Waals surface area contributed by atoms with Crippen molar-refractivity contribution in [2.75, 3.05) is 26.4 Å². The molecule has 158 valence electrons. The number of hydrogen-bond donors (Lipinski definition) is 0. The summed E-state index contributed by atoms with van der Waals surface area (Å²) in [5.41, 5.74) is 0.655. The minimum absolute atomic E-state index is 0.204. The van der Waals surface area contributed by atoms with E-state index in [0.29, 0.717) is 5.41 Å². The fourth-order valence-corrected chi connectivity index (χ4v) is 9.23. The number of ether oxygens (including phenoxy) is 4. The van der Waals surface area contributed by atoms with E-state index in [4.69, 9.17) is 18.9 Å². The summed E-state index contributed by atoms with van der Waals surface area (Å²) >= 11 is 0. The van der Waals surface area contributed by atoms with Gasteiger partial charge in [0.15, 0.2) is 11.6 Å². The highest BCUT2D eigenvalue weighted by atomic mass is 16.7. The van der Waals surface area contributed by atoms with E-state index in [0.717, 1.165) is 75.3 Å². The average Bonchev–Trinajstić information content (AvgIpc) is 3.39. The molecule has 4 saturated carbocycles. The lowest BCUT2D eigenvalue weighted by atomic mass is 9.42. The van der Waals surface area contributed by atoms with Crippen molar-refractivity contribution in [3.63, 3.8) is 0 Å². The Bertz CT molecular complexity index is 637. The molecule has 0 aromatic rings. The fourth-order valence-electron chi connectivity index (χ4n) is 9.23. The van der Waals surface area contributed by atoms with Gasteiger partial charge < -0.3 is 18.9 Å². The Kier molecular flexibility index (Phi) is 3.96. The molecule has 6 rings (SSSR count). The van der Waals surface area contributed by atoms with Gasteiger partial charge in [-0.25, -0.2) is 0 Å². The zero-order chi connectivity index (χ0) is 19.2. The van der Waals surface area contributed by atoms with Crippen LogP contribution in [0.1, 0.15) is 72.1 Å². The van der Waals surface area contributed by atoms with Gasteiger partial charge in [-0.3, -0.25) is 0 Å². The lowest BCUT2D eigenvalue weighted by molar-refractivity contribution is -0.263. The van der Waals surface area contributed by atoms with E-state index in [1.165, 1.54) is 32.1 Å². The zero-order valence-electron chi connectivity index (χ0n) is 18.0. The van der Waals surface area contributed by atoms with Crippen molar-refractivity contribution in [1.82, 2.24) is 0 Å². The van der Waals surface area contributed by atoms with Gasteiger partial charge in [0.25, 0.3) is 0 Å². The monoisotopic (exact) mass is 390 g/mol. The molecule has 4 nitrogen and oxygen atoms in total. The Morgan fingerprint density at radius 1 is 0.750 bits per heavy atom. The van der Waals surface area contributed by atoms with E-state index >= 15 is 0 Å². The van der Waals surface area contributed by atoms with Gasteiger partial charge in [0.05, 0.1) is 26.4 Å². The molecule has 0 bridgehead atoms. The molecule has 2 saturated heterocycles. The third-order valence-corrected chi connectivity index (χ3v) is 10.6. The Balaban J connectivity index is 1.31. The maximum atomic E-state index is 6.33. The van der Waals surface area contributed by atoms with Gasteiger partial charge in [-0.2, -0.15) is 0 Å². The molecule has 4 aliphatic carbocycles. The standard InChI is InChI=1S/C24H38O4/c1-16-14-17-15-23(25-10-11-26-23)9-8-21(17,2)18-4-6-22(3)19(20(16)18)5-7-24(22)27-12-13-28-24/h16-20H,4-15H2,1-3H3/t16-,17?,18+,19+,20-,21+,22+/m1/s1. The van der Waals surface area contributed by atoms with Crippen LogP contribution in [0.5, 0.6) is 0 Å². The summed E-state index contributed by atoms with van der Waals surface area (Å²) in [6, 6.07) is 0. The minimum atomic E-state index is -0.276. The summed E-state index contributed by atoms with van der Waals surface area (Å²) in [5, 5.41) is 0. The van der Waals surface area contributed by atoms with Crippen LogP contribution in [-0.2, 0) is 18.9 Å². The first-order chi connectivity index (χ1) is 13.4. The molecule has 2 heterocycles. The highest BCUT2D eigenvalue weighted by Gasteiger charge is 2.68. The van der Waals surface area contributed by atoms with Gasteiger partial charge in [-0.15, -0.1) is 0 Å². The summed E-state index contributed by atoms with van der Waals surface area (Å²) in [7, 11) is 0. The molecule has 6 aliphatic rings. The molecule has 0 N–H and O–H groups in total. The first kappa shape index (κ1) is 18.6. The summed E-state index contributed by atoms with van der Waals surface area (Å²) in [5.74, 6) is 3.42. The molecular formula is C24H38O4. The van der Waals surface area contributed by atoms with Crippen molar-refractivity contribution in [2.24, 2.45) is 40.4 Å². The molecule has 6 fully saturated rings. The topological polar surface area (TPSA) is 36.9 Å². The van der Waals surface area contributed by atoms with Crippen molar-refractivity contribution >= 4 is 0 Å². The van der Waals surface area contributed by atoms with Crippen LogP contribution >= 0.6 is 0 Å². The van der Waals surface area contributed by atoms with Crippen LogP contribution < -0.4 is 0 Å². The van der Waals surface area contributed by atoms with Crippen LogP contribution in [0.2, 0.25) is 0 Å². The second-order valence-corrected chi connectivity index (χ2v) is 11.5. The second-order valence-electron chi connectivity index (χ2n) is 11.5. The average molecular weight is 391 g/mol. The van der Waals surface area contributed by atoms with Gasteiger partial charge in [0.1, 0.15) is 0 Å². The lowest BCUT2D eigenvalue weighted by Crippen LogP contribution is -2.60. The second kappa shape index (κ2) is 5.96. The normalized spacial score (nSPS) is 53.9. The first-order valence-corrected chi connectivity index (χ1v) is 12.0. The molecule has 0 aromatic carbocycles. The Morgan fingerprint density at radius 2 is 1.43 bits per heavy atom. The van der Waals surface area contributed by atoms with Crippen molar-refractivity contribution in [2.45, 2.75) is 83.7 Å². The Morgan fingerprint density at radius 3 is 2.18 bits per heavy atom. The Hall–Kier alpha value is -0.160. The largest absolute Gasteiger partial charge is 0.348 e. The molecule has 7 atom stereocenters. The summed E-state index contributed by atoms with van der Waals surface area (Å²) in [6.45, 7) is 10.8. The molecule has 4 heteroatoms. The highest BCUT2D eigenvalue weighted by molar-refractivity contribution is 5.14. The molecule has 2 spiro atoms. The zero-order valence-corrected chi connectivity index (χ0v) is 18.0. The van der Waals surface area contributed by atoms with Crippen molar-refractivity contribution in [3.8, 4) is 0 Å². The van der Waals surface area contributed by atoms with E-state index < -0.39 is 0 Å². The van der Waals surface area contributed by atoms with Crippen molar-refractivity contribution < 1.29 is 18.9 Å². The van der Waals surface area contributed by atoms with Gasteiger partial charge in [-0.1, -0.05) is 20.8 Å². The predicted molar refractivity (Wildman–Crippen MR) is 106 cm³/mol. The molecule has 1 unspecified atom stereocenters. The van der Waals surface area contributed by atoms with Crippen LogP contribution in [0.25, 0.3) is 0 Å². The van der Waals surface area contributed by atoms with Crippen LogP contribution in [0.15, 0.2) is 0 Å². The third kappa shape index (κ3) is 2.22. The first-order valence-electron chi connectivity index (χ1n) is 12.0. The van der Waals surface area contributed by atoms with E-state index in [1.54, 1.807) is 0 Å². The van der Waals surface area contributed by atoms with Gasteiger partial charge in [0, 0.05) is 24.7 Å². The van der Waals surface area contributed by atoms with Gasteiger partial charge in [-0.05, 0) is 67.1 Å².